The highest BCUT2D eigenvalue weighted by Crippen LogP contribution is 2.44. The number of hydrogen-bond acceptors (Lipinski definition) is 2. The van der Waals surface area contributed by atoms with Crippen LogP contribution in [0.2, 0.25) is 0 Å². The number of nitrogens with one attached hydrogen (secondary N) is 1. The summed E-state index contributed by atoms with van der Waals surface area (Å²) >= 11 is 0. The van der Waals surface area contributed by atoms with Crippen molar-refractivity contribution in [3.8, 4) is 0 Å². The Balaban J connectivity index is 2.19. The summed E-state index contributed by atoms with van der Waals surface area (Å²) in [5, 5.41) is 2.98. The van der Waals surface area contributed by atoms with E-state index in [1.807, 2.05) is 18.7 Å². The molecule has 20 heavy (non-hydrogen) atoms. The van der Waals surface area contributed by atoms with Crippen molar-refractivity contribution in [2.45, 2.75) is 71.3 Å². The normalized spacial score (nSPS) is 24.9. The van der Waals surface area contributed by atoms with Crippen molar-refractivity contribution in [1.82, 2.24) is 10.2 Å². The Morgan fingerprint density at radius 3 is 2.20 bits per heavy atom. The average Bonchev–Trinajstić information content (AvgIpc) is 2.53. The van der Waals surface area contributed by atoms with Crippen molar-refractivity contribution in [3.05, 3.63) is 0 Å². The van der Waals surface area contributed by atoms with Crippen molar-refractivity contribution in [2.75, 3.05) is 13.1 Å². The van der Waals surface area contributed by atoms with Gasteiger partial charge in [0.15, 0.2) is 0 Å². The first kappa shape index (κ1) is 15.3. The summed E-state index contributed by atoms with van der Waals surface area (Å²) in [4.78, 5) is 26.8. The Hall–Kier alpha value is -1.06. The molecule has 1 saturated heterocycles. The fourth-order valence-electron chi connectivity index (χ4n) is 3.61. The second kappa shape index (κ2) is 5.74. The van der Waals surface area contributed by atoms with Crippen LogP contribution in [-0.4, -0.2) is 35.3 Å². The minimum atomic E-state index is -0.674. The van der Waals surface area contributed by atoms with E-state index in [1.54, 1.807) is 0 Å². The van der Waals surface area contributed by atoms with Crippen LogP contribution in [0.3, 0.4) is 0 Å². The van der Waals surface area contributed by atoms with Gasteiger partial charge in [0, 0.05) is 19.5 Å². The lowest BCUT2D eigenvalue weighted by Gasteiger charge is -2.46. The summed E-state index contributed by atoms with van der Waals surface area (Å²) in [5.74, 6) is 0.150. The van der Waals surface area contributed by atoms with Gasteiger partial charge in [-0.2, -0.15) is 0 Å². The number of carbonyl (C=O) groups is 2. The molecule has 2 amide bonds. The maximum absolute atomic E-state index is 12.9. The van der Waals surface area contributed by atoms with Crippen LogP contribution in [-0.2, 0) is 9.59 Å². The molecule has 1 heterocycles. The number of rotatable bonds is 5. The molecular weight excluding hydrogens is 252 g/mol. The molecular formula is C16H28N2O2. The Labute approximate surface area is 122 Å². The molecule has 2 rings (SSSR count). The lowest BCUT2D eigenvalue weighted by molar-refractivity contribution is -0.141. The predicted molar refractivity (Wildman–Crippen MR) is 79.2 cm³/mol. The molecule has 0 aromatic heterocycles. The van der Waals surface area contributed by atoms with Gasteiger partial charge in [-0.25, -0.2) is 0 Å². The molecule has 1 N–H and O–H groups in total. The van der Waals surface area contributed by atoms with Gasteiger partial charge in [0.05, 0.1) is 0 Å². The van der Waals surface area contributed by atoms with E-state index in [1.165, 1.54) is 19.3 Å². The lowest BCUT2D eigenvalue weighted by atomic mass is 9.66. The zero-order valence-corrected chi connectivity index (χ0v) is 13.1. The summed E-state index contributed by atoms with van der Waals surface area (Å²) < 4.78 is 0. The standard InChI is InChI=1S/C16H28N2O2/c1-4-15(9-7-10-15)12-18-11-8-13(19)17-16(5-2,6-3)14(18)20/h4-12H2,1-3H3,(H,17,19). The number of carbonyl (C=O) groups excluding carboxylic acids is 2. The fourth-order valence-corrected chi connectivity index (χ4v) is 3.61. The smallest absolute Gasteiger partial charge is 0.248 e. The topological polar surface area (TPSA) is 49.4 Å². The molecule has 0 radical (unpaired) electrons. The molecule has 0 unspecified atom stereocenters. The van der Waals surface area contributed by atoms with Gasteiger partial charge >= 0.3 is 0 Å². The number of hydrogen-bond donors (Lipinski definition) is 1. The third kappa shape index (κ3) is 2.57. The largest absolute Gasteiger partial charge is 0.342 e. The minimum absolute atomic E-state index is 0.0173. The molecule has 114 valence electrons. The Bertz CT molecular complexity index is 378. The third-order valence-electron chi connectivity index (χ3n) is 5.58. The molecule has 0 spiro atoms. The Morgan fingerprint density at radius 2 is 1.75 bits per heavy atom. The third-order valence-corrected chi connectivity index (χ3v) is 5.58. The molecule has 0 atom stereocenters. The van der Waals surface area contributed by atoms with Gasteiger partial charge in [0.1, 0.15) is 5.54 Å². The highest BCUT2D eigenvalue weighted by molar-refractivity contribution is 5.93. The summed E-state index contributed by atoms with van der Waals surface area (Å²) in [5.41, 5.74) is -0.359. The van der Waals surface area contributed by atoms with E-state index in [0.717, 1.165) is 13.0 Å². The summed E-state index contributed by atoms with van der Waals surface area (Å²) in [7, 11) is 0. The van der Waals surface area contributed by atoms with E-state index in [0.29, 0.717) is 31.2 Å². The van der Waals surface area contributed by atoms with Crippen LogP contribution < -0.4 is 5.32 Å². The van der Waals surface area contributed by atoms with Gasteiger partial charge in [-0.15, -0.1) is 0 Å². The first-order valence-electron chi connectivity index (χ1n) is 8.11. The first-order valence-corrected chi connectivity index (χ1v) is 8.11. The molecule has 2 aliphatic rings. The Kier molecular flexibility index (Phi) is 4.40. The minimum Gasteiger partial charge on any atom is -0.342 e. The number of nitrogens with zero attached hydrogens (tertiary/aromatic N) is 1. The lowest BCUT2D eigenvalue weighted by Crippen LogP contribution is -2.58. The summed E-state index contributed by atoms with van der Waals surface area (Å²) in [6, 6.07) is 0. The molecule has 2 fully saturated rings. The van der Waals surface area contributed by atoms with Gasteiger partial charge in [-0.1, -0.05) is 27.2 Å². The molecule has 4 nitrogen and oxygen atoms in total. The SMILES string of the molecule is CCC1(CN2CCC(=O)NC(CC)(CC)C2=O)CCC1. The highest BCUT2D eigenvalue weighted by Gasteiger charge is 2.45. The van der Waals surface area contributed by atoms with Crippen LogP contribution in [0.15, 0.2) is 0 Å². The van der Waals surface area contributed by atoms with Crippen LogP contribution in [0.5, 0.6) is 0 Å². The van der Waals surface area contributed by atoms with E-state index in [9.17, 15) is 9.59 Å². The van der Waals surface area contributed by atoms with Crippen LogP contribution in [0.1, 0.15) is 65.7 Å². The molecule has 0 aromatic rings. The zero-order valence-electron chi connectivity index (χ0n) is 13.1. The van der Waals surface area contributed by atoms with E-state index >= 15 is 0 Å². The van der Waals surface area contributed by atoms with Crippen LogP contribution >= 0.6 is 0 Å². The van der Waals surface area contributed by atoms with Gasteiger partial charge in [-0.3, -0.25) is 9.59 Å². The monoisotopic (exact) mass is 280 g/mol. The van der Waals surface area contributed by atoms with Crippen LogP contribution in [0.25, 0.3) is 0 Å². The fraction of sp³-hybridized carbons (Fsp3) is 0.875. The quantitative estimate of drug-likeness (QED) is 0.841. The van der Waals surface area contributed by atoms with E-state index in [-0.39, 0.29) is 11.8 Å². The van der Waals surface area contributed by atoms with Gasteiger partial charge in [0.2, 0.25) is 11.8 Å². The van der Waals surface area contributed by atoms with E-state index in [4.69, 9.17) is 0 Å². The molecule has 0 bridgehead atoms. The van der Waals surface area contributed by atoms with Gasteiger partial charge < -0.3 is 10.2 Å². The van der Waals surface area contributed by atoms with Crippen molar-refractivity contribution >= 4 is 11.8 Å². The van der Waals surface area contributed by atoms with Crippen molar-refractivity contribution in [3.63, 3.8) is 0 Å². The first-order chi connectivity index (χ1) is 9.51. The second-order valence-electron chi connectivity index (χ2n) is 6.52. The van der Waals surface area contributed by atoms with Crippen LogP contribution in [0, 0.1) is 5.41 Å². The van der Waals surface area contributed by atoms with Gasteiger partial charge in [0.25, 0.3) is 0 Å². The summed E-state index contributed by atoms with van der Waals surface area (Å²) in [6.45, 7) is 7.61. The molecule has 1 aliphatic carbocycles. The zero-order chi connectivity index (χ0) is 14.8. The highest BCUT2D eigenvalue weighted by atomic mass is 16.2. The maximum atomic E-state index is 12.9. The predicted octanol–water partition coefficient (Wildman–Crippen LogP) is 2.47. The van der Waals surface area contributed by atoms with Gasteiger partial charge in [-0.05, 0) is 37.5 Å². The van der Waals surface area contributed by atoms with Crippen LogP contribution in [0.4, 0.5) is 0 Å². The summed E-state index contributed by atoms with van der Waals surface area (Å²) in [6.07, 6.45) is 6.63. The van der Waals surface area contributed by atoms with Crippen molar-refractivity contribution in [2.24, 2.45) is 5.41 Å². The molecule has 0 aromatic carbocycles. The molecule has 1 saturated carbocycles. The average molecular weight is 280 g/mol. The van der Waals surface area contributed by atoms with E-state index < -0.39 is 5.54 Å². The molecule has 4 heteroatoms. The molecule has 1 aliphatic heterocycles. The second-order valence-corrected chi connectivity index (χ2v) is 6.52. The van der Waals surface area contributed by atoms with Crippen molar-refractivity contribution in [1.29, 1.82) is 0 Å². The maximum Gasteiger partial charge on any atom is 0.248 e. The van der Waals surface area contributed by atoms with E-state index in [2.05, 4.69) is 12.2 Å². The number of amides is 2. The Morgan fingerprint density at radius 1 is 1.10 bits per heavy atom. The van der Waals surface area contributed by atoms with Crippen molar-refractivity contribution < 1.29 is 9.59 Å².